The monoisotopic (exact) mass is 328 g/mol. The summed E-state index contributed by atoms with van der Waals surface area (Å²) in [7, 11) is 0. The van der Waals surface area contributed by atoms with E-state index in [0.29, 0.717) is 0 Å². The molecule has 136 valence electrons. The fraction of sp³-hybridized carbons (Fsp3) is 0.833. The highest BCUT2D eigenvalue weighted by Gasteiger charge is 2.27. The highest BCUT2D eigenvalue weighted by molar-refractivity contribution is 5.27. The van der Waals surface area contributed by atoms with Crippen LogP contribution in [0.3, 0.4) is 0 Å². The van der Waals surface area contributed by atoms with Gasteiger partial charge >= 0.3 is 0 Å². The second-order valence-electron chi connectivity index (χ2n) is 9.20. The first-order chi connectivity index (χ1) is 11.8. The van der Waals surface area contributed by atoms with E-state index in [1.807, 2.05) is 0 Å². The molecule has 0 aromatic rings. The van der Waals surface area contributed by atoms with Crippen molar-refractivity contribution in [2.24, 2.45) is 29.6 Å². The molecule has 0 N–H and O–H groups in total. The van der Waals surface area contributed by atoms with E-state index in [1.54, 1.807) is 5.57 Å². The first kappa shape index (κ1) is 18.3. The van der Waals surface area contributed by atoms with Gasteiger partial charge in [-0.05, 0) is 80.1 Å². The summed E-state index contributed by atoms with van der Waals surface area (Å²) in [6.07, 6.45) is 26.6. The normalized spacial score (nSPS) is 37.2. The zero-order chi connectivity index (χ0) is 16.8. The third-order valence-electron chi connectivity index (χ3n) is 7.36. The average molecular weight is 329 g/mol. The number of hydrogen-bond acceptors (Lipinski definition) is 0. The molecule has 3 rings (SSSR count). The Hall–Kier alpha value is -0.520. The standard InChI is InChI=1S/C24H40/c1-3-4-5-6-20-9-13-22(14-10-20)24-17-15-23(16-18-24)21-11-7-19(2)8-12-21/h15,17-23H,3-14,16H2,1-2H3. The van der Waals surface area contributed by atoms with E-state index < -0.39 is 0 Å². The van der Waals surface area contributed by atoms with Crippen molar-refractivity contribution in [1.82, 2.24) is 0 Å². The van der Waals surface area contributed by atoms with Crippen LogP contribution in [-0.4, -0.2) is 0 Å². The van der Waals surface area contributed by atoms with Crippen LogP contribution in [0.4, 0.5) is 0 Å². The van der Waals surface area contributed by atoms with Crippen molar-refractivity contribution in [3.63, 3.8) is 0 Å². The Bertz CT molecular complexity index is 413. The van der Waals surface area contributed by atoms with Crippen molar-refractivity contribution in [3.05, 3.63) is 23.8 Å². The fourth-order valence-corrected chi connectivity index (χ4v) is 5.49. The first-order valence-corrected chi connectivity index (χ1v) is 11.1. The molecule has 0 radical (unpaired) electrons. The van der Waals surface area contributed by atoms with Crippen LogP contribution in [0, 0.1) is 29.6 Å². The number of unbranched alkanes of at least 4 members (excludes halogenated alkanes) is 2. The van der Waals surface area contributed by atoms with Crippen LogP contribution < -0.4 is 0 Å². The number of allylic oxidation sites excluding steroid dienone is 4. The topological polar surface area (TPSA) is 0 Å². The second-order valence-corrected chi connectivity index (χ2v) is 9.20. The van der Waals surface area contributed by atoms with E-state index in [4.69, 9.17) is 0 Å². The van der Waals surface area contributed by atoms with E-state index >= 15 is 0 Å². The molecule has 1 atom stereocenters. The van der Waals surface area contributed by atoms with Crippen molar-refractivity contribution >= 4 is 0 Å². The van der Waals surface area contributed by atoms with Crippen molar-refractivity contribution in [1.29, 1.82) is 0 Å². The van der Waals surface area contributed by atoms with E-state index in [1.165, 1.54) is 83.5 Å². The molecule has 0 bridgehead atoms. The molecule has 0 heterocycles. The minimum atomic E-state index is 0.853. The van der Waals surface area contributed by atoms with Crippen LogP contribution in [0.5, 0.6) is 0 Å². The van der Waals surface area contributed by atoms with Crippen molar-refractivity contribution in [2.75, 3.05) is 0 Å². The Labute approximate surface area is 151 Å². The van der Waals surface area contributed by atoms with Crippen LogP contribution in [0.15, 0.2) is 23.8 Å². The van der Waals surface area contributed by atoms with E-state index in [-0.39, 0.29) is 0 Å². The Morgan fingerprint density at radius 1 is 0.917 bits per heavy atom. The maximum absolute atomic E-state index is 2.63. The Balaban J connectivity index is 1.41. The third-order valence-corrected chi connectivity index (χ3v) is 7.36. The van der Waals surface area contributed by atoms with Gasteiger partial charge in [0.2, 0.25) is 0 Å². The molecule has 0 aliphatic heterocycles. The summed E-state index contributed by atoms with van der Waals surface area (Å²) in [5.41, 5.74) is 1.70. The molecular weight excluding hydrogens is 288 g/mol. The minimum absolute atomic E-state index is 0.853. The molecule has 24 heavy (non-hydrogen) atoms. The molecule has 0 aromatic heterocycles. The van der Waals surface area contributed by atoms with Crippen LogP contribution in [0.25, 0.3) is 0 Å². The van der Waals surface area contributed by atoms with Crippen molar-refractivity contribution in [3.8, 4) is 0 Å². The molecule has 0 saturated heterocycles. The highest BCUT2D eigenvalue weighted by atomic mass is 14.3. The van der Waals surface area contributed by atoms with Crippen LogP contribution in [0.1, 0.15) is 97.3 Å². The van der Waals surface area contributed by atoms with Gasteiger partial charge in [-0.25, -0.2) is 0 Å². The van der Waals surface area contributed by atoms with Crippen molar-refractivity contribution < 1.29 is 0 Å². The molecule has 2 saturated carbocycles. The largest absolute Gasteiger partial charge is 0.0806 e. The fourth-order valence-electron chi connectivity index (χ4n) is 5.49. The predicted octanol–water partition coefficient (Wildman–Crippen LogP) is 7.70. The maximum atomic E-state index is 2.63. The molecule has 1 unspecified atom stereocenters. The smallest absolute Gasteiger partial charge is 0.0165 e. The van der Waals surface area contributed by atoms with E-state index in [9.17, 15) is 0 Å². The summed E-state index contributed by atoms with van der Waals surface area (Å²) in [6.45, 7) is 4.75. The molecule has 0 spiro atoms. The van der Waals surface area contributed by atoms with Crippen LogP contribution in [0.2, 0.25) is 0 Å². The Morgan fingerprint density at radius 3 is 2.29 bits per heavy atom. The molecule has 3 aliphatic rings. The van der Waals surface area contributed by atoms with Gasteiger partial charge in [0.1, 0.15) is 0 Å². The summed E-state index contributed by atoms with van der Waals surface area (Å²) >= 11 is 0. The lowest BCUT2D eigenvalue weighted by Crippen LogP contribution is -2.22. The molecule has 2 fully saturated rings. The molecule has 0 heteroatoms. The van der Waals surface area contributed by atoms with Crippen LogP contribution in [-0.2, 0) is 0 Å². The van der Waals surface area contributed by atoms with Gasteiger partial charge < -0.3 is 0 Å². The molecule has 0 amide bonds. The molecule has 0 nitrogen and oxygen atoms in total. The first-order valence-electron chi connectivity index (χ1n) is 11.1. The molecular formula is C24H40. The van der Waals surface area contributed by atoms with Gasteiger partial charge in [-0.1, -0.05) is 70.6 Å². The second kappa shape index (κ2) is 9.25. The maximum Gasteiger partial charge on any atom is -0.0165 e. The van der Waals surface area contributed by atoms with E-state index in [0.717, 1.165) is 29.6 Å². The van der Waals surface area contributed by atoms with Gasteiger partial charge in [-0.3, -0.25) is 0 Å². The van der Waals surface area contributed by atoms with Gasteiger partial charge in [-0.2, -0.15) is 0 Å². The quantitative estimate of drug-likeness (QED) is 0.438. The van der Waals surface area contributed by atoms with Gasteiger partial charge in [0.25, 0.3) is 0 Å². The average Bonchev–Trinajstić information content (AvgIpc) is 2.63. The van der Waals surface area contributed by atoms with Crippen molar-refractivity contribution in [2.45, 2.75) is 97.3 Å². The number of rotatable bonds is 6. The van der Waals surface area contributed by atoms with Gasteiger partial charge in [-0.15, -0.1) is 0 Å². The number of hydrogen-bond donors (Lipinski definition) is 0. The van der Waals surface area contributed by atoms with Crippen LogP contribution >= 0.6 is 0 Å². The Kier molecular flexibility index (Phi) is 7.05. The lowest BCUT2D eigenvalue weighted by molar-refractivity contribution is 0.238. The lowest BCUT2D eigenvalue weighted by atomic mass is 9.71. The summed E-state index contributed by atoms with van der Waals surface area (Å²) in [6, 6.07) is 0. The van der Waals surface area contributed by atoms with Gasteiger partial charge in [0.15, 0.2) is 0 Å². The zero-order valence-electron chi connectivity index (χ0n) is 16.3. The Morgan fingerprint density at radius 2 is 1.67 bits per heavy atom. The SMILES string of the molecule is CCCCCC1CCC(C2=CCC(C3CCC(C)CC3)C=C2)CC1. The summed E-state index contributed by atoms with van der Waals surface area (Å²) in [4.78, 5) is 0. The van der Waals surface area contributed by atoms with Gasteiger partial charge in [0, 0.05) is 0 Å². The highest BCUT2D eigenvalue weighted by Crippen LogP contribution is 2.41. The van der Waals surface area contributed by atoms with E-state index in [2.05, 4.69) is 32.1 Å². The summed E-state index contributed by atoms with van der Waals surface area (Å²) in [5, 5.41) is 0. The molecule has 0 aromatic carbocycles. The third kappa shape index (κ3) is 4.99. The lowest BCUT2D eigenvalue weighted by Gasteiger charge is -2.34. The summed E-state index contributed by atoms with van der Waals surface area (Å²) < 4.78 is 0. The zero-order valence-corrected chi connectivity index (χ0v) is 16.3. The molecule has 3 aliphatic carbocycles. The predicted molar refractivity (Wildman–Crippen MR) is 106 cm³/mol. The minimum Gasteiger partial charge on any atom is -0.0806 e. The summed E-state index contributed by atoms with van der Waals surface area (Å²) in [5.74, 6) is 4.73. The van der Waals surface area contributed by atoms with Gasteiger partial charge in [0.05, 0.1) is 0 Å².